The summed E-state index contributed by atoms with van der Waals surface area (Å²) < 4.78 is 1.99. The lowest BCUT2D eigenvalue weighted by Crippen LogP contribution is -2.26. The van der Waals surface area contributed by atoms with Crippen LogP contribution in [0.25, 0.3) is 11.4 Å². The first-order valence-electron chi connectivity index (χ1n) is 10.4. The van der Waals surface area contributed by atoms with Gasteiger partial charge in [0.2, 0.25) is 0 Å². The van der Waals surface area contributed by atoms with Crippen LogP contribution in [0.15, 0.2) is 42.5 Å². The summed E-state index contributed by atoms with van der Waals surface area (Å²) in [4.78, 5) is 16.9. The zero-order valence-corrected chi connectivity index (χ0v) is 18.0. The lowest BCUT2D eigenvalue weighted by Gasteiger charge is -2.36. The molecule has 0 saturated heterocycles. The highest BCUT2D eigenvalue weighted by Gasteiger charge is 2.42. The zero-order chi connectivity index (χ0) is 22.5. The Kier molecular flexibility index (Phi) is 5.12. The first kappa shape index (κ1) is 21.1. The molecule has 5 rings (SSSR count). The predicted molar refractivity (Wildman–Crippen MR) is 119 cm³/mol. The third-order valence-electron chi connectivity index (χ3n) is 5.98. The van der Waals surface area contributed by atoms with Crippen LogP contribution >= 0.6 is 0 Å². The molecule has 1 atom stereocenters. The SMILES string of the molecule is C=C/C=C(\C)C(O)c1c(C(N)=O)nc2n1C1CC(C1)c1ccc(C#CC(C)(C)O)cc1-2. The van der Waals surface area contributed by atoms with Crippen LogP contribution in [0.2, 0.25) is 0 Å². The molecule has 2 bridgehead atoms. The predicted octanol–water partition coefficient (Wildman–Crippen LogP) is 3.37. The molecule has 0 spiro atoms. The Labute approximate surface area is 182 Å². The van der Waals surface area contributed by atoms with E-state index in [1.807, 2.05) is 16.7 Å². The number of carbonyl (C=O) groups is 1. The first-order chi connectivity index (χ1) is 14.6. The largest absolute Gasteiger partial charge is 0.382 e. The Hall–Kier alpha value is -3.14. The quantitative estimate of drug-likeness (QED) is 0.524. The van der Waals surface area contributed by atoms with E-state index in [0.717, 1.165) is 29.5 Å². The van der Waals surface area contributed by atoms with Gasteiger partial charge in [-0.15, -0.1) is 0 Å². The molecule has 0 radical (unpaired) electrons. The minimum atomic E-state index is -1.10. The highest BCUT2D eigenvalue weighted by atomic mass is 16.3. The van der Waals surface area contributed by atoms with Gasteiger partial charge in [-0.05, 0) is 62.8 Å². The number of hydrogen-bond acceptors (Lipinski definition) is 4. The molecule has 3 aliphatic rings. The van der Waals surface area contributed by atoms with Crippen molar-refractivity contribution in [3.05, 3.63) is 65.0 Å². The summed E-state index contributed by atoms with van der Waals surface area (Å²) in [7, 11) is 0. The maximum Gasteiger partial charge on any atom is 0.269 e. The molecule has 1 fully saturated rings. The monoisotopic (exact) mass is 417 g/mol. The molecule has 1 aromatic carbocycles. The van der Waals surface area contributed by atoms with E-state index in [2.05, 4.69) is 29.5 Å². The maximum atomic E-state index is 12.3. The zero-order valence-electron chi connectivity index (χ0n) is 18.0. The highest BCUT2D eigenvalue weighted by Crippen LogP contribution is 2.53. The van der Waals surface area contributed by atoms with Crippen molar-refractivity contribution in [1.29, 1.82) is 0 Å². The number of nitrogens with zero attached hydrogens (tertiary/aromatic N) is 2. The molecule has 6 nitrogen and oxygen atoms in total. The highest BCUT2D eigenvalue weighted by molar-refractivity contribution is 5.93. The van der Waals surface area contributed by atoms with E-state index >= 15 is 0 Å². The molecular formula is C25H27N3O3. The van der Waals surface area contributed by atoms with Crippen molar-refractivity contribution in [2.24, 2.45) is 5.73 Å². The molecule has 160 valence electrons. The average molecular weight is 418 g/mol. The second kappa shape index (κ2) is 7.52. The van der Waals surface area contributed by atoms with Crippen molar-refractivity contribution in [2.45, 2.75) is 57.3 Å². The molecule has 1 aliphatic carbocycles. The van der Waals surface area contributed by atoms with E-state index in [4.69, 9.17) is 5.73 Å². The number of benzene rings is 1. The number of rotatable bonds is 4. The summed E-state index contributed by atoms with van der Waals surface area (Å²) in [6.07, 6.45) is 4.12. The van der Waals surface area contributed by atoms with E-state index in [1.165, 1.54) is 0 Å². The lowest BCUT2D eigenvalue weighted by molar-refractivity contribution is 0.0988. The average Bonchev–Trinajstić information content (AvgIpc) is 2.93. The number of amides is 1. The van der Waals surface area contributed by atoms with Crippen LogP contribution in [-0.2, 0) is 0 Å². The molecule has 1 unspecified atom stereocenters. The Balaban J connectivity index is 1.94. The van der Waals surface area contributed by atoms with E-state index in [9.17, 15) is 15.0 Å². The number of aliphatic hydroxyl groups excluding tert-OH is 1. The van der Waals surface area contributed by atoms with Crippen LogP contribution < -0.4 is 5.73 Å². The number of nitrogens with two attached hydrogens (primary N) is 1. The molecule has 1 saturated carbocycles. The summed E-state index contributed by atoms with van der Waals surface area (Å²) in [5, 5.41) is 21.0. The van der Waals surface area contributed by atoms with E-state index < -0.39 is 17.6 Å². The van der Waals surface area contributed by atoms with Gasteiger partial charge in [-0.3, -0.25) is 4.79 Å². The molecular weight excluding hydrogens is 390 g/mol. The fourth-order valence-corrected chi connectivity index (χ4v) is 4.40. The van der Waals surface area contributed by atoms with Crippen molar-refractivity contribution in [2.75, 3.05) is 0 Å². The van der Waals surface area contributed by atoms with Crippen molar-refractivity contribution in [3.8, 4) is 23.2 Å². The van der Waals surface area contributed by atoms with Crippen molar-refractivity contribution < 1.29 is 15.0 Å². The number of carbonyl (C=O) groups excluding carboxylic acids is 1. The second-order valence-electron chi connectivity index (χ2n) is 8.89. The number of imidazole rings is 1. The van der Waals surface area contributed by atoms with Crippen molar-refractivity contribution in [3.63, 3.8) is 0 Å². The van der Waals surface area contributed by atoms with Gasteiger partial charge >= 0.3 is 0 Å². The molecule has 1 amide bonds. The third-order valence-corrected chi connectivity index (χ3v) is 5.98. The topological polar surface area (TPSA) is 101 Å². The number of hydrogen-bond donors (Lipinski definition) is 3. The van der Waals surface area contributed by atoms with Crippen LogP contribution in [0.4, 0.5) is 0 Å². The maximum absolute atomic E-state index is 12.3. The lowest BCUT2D eigenvalue weighted by atomic mass is 9.75. The fourth-order valence-electron chi connectivity index (χ4n) is 4.40. The Morgan fingerprint density at radius 1 is 1.42 bits per heavy atom. The molecule has 3 heterocycles. The molecule has 31 heavy (non-hydrogen) atoms. The first-order valence-corrected chi connectivity index (χ1v) is 10.4. The van der Waals surface area contributed by atoms with Crippen LogP contribution in [0.1, 0.15) is 79.0 Å². The smallest absolute Gasteiger partial charge is 0.269 e. The van der Waals surface area contributed by atoms with Crippen LogP contribution in [-0.4, -0.2) is 31.3 Å². The number of aliphatic hydroxyl groups is 2. The van der Waals surface area contributed by atoms with Gasteiger partial charge in [-0.2, -0.15) is 0 Å². The van der Waals surface area contributed by atoms with Gasteiger partial charge in [-0.25, -0.2) is 4.98 Å². The van der Waals surface area contributed by atoms with Gasteiger partial charge in [0.15, 0.2) is 5.69 Å². The van der Waals surface area contributed by atoms with E-state index in [0.29, 0.717) is 23.0 Å². The summed E-state index contributed by atoms with van der Waals surface area (Å²) in [5.41, 5.74) is 8.54. The van der Waals surface area contributed by atoms with E-state index in [1.54, 1.807) is 32.9 Å². The van der Waals surface area contributed by atoms with E-state index in [-0.39, 0.29) is 11.7 Å². The summed E-state index contributed by atoms with van der Waals surface area (Å²) >= 11 is 0. The standard InChI is InChI=1S/C25H27N3O3/c1-5-6-14(2)22(29)21-20(23(26)30)27-24-19-11-15(9-10-25(3,4)31)7-8-18(19)16-12-17(13-16)28(21)24/h5-8,11,16-17,22,29,31H,1,12-13H2,2-4H3,(H2,26,30)/b14-6+. The summed E-state index contributed by atoms with van der Waals surface area (Å²) in [5.74, 6) is 6.20. The number of primary amides is 1. The normalized spacial score (nSPS) is 20.4. The van der Waals surface area contributed by atoms with Gasteiger partial charge in [0.1, 0.15) is 17.5 Å². The van der Waals surface area contributed by atoms with Gasteiger partial charge in [0.05, 0.1) is 5.69 Å². The Morgan fingerprint density at radius 2 is 2.13 bits per heavy atom. The minimum absolute atomic E-state index is 0.0867. The van der Waals surface area contributed by atoms with Crippen LogP contribution in [0.5, 0.6) is 0 Å². The van der Waals surface area contributed by atoms with Gasteiger partial charge in [-0.1, -0.05) is 36.6 Å². The van der Waals surface area contributed by atoms with Crippen molar-refractivity contribution in [1.82, 2.24) is 9.55 Å². The van der Waals surface area contributed by atoms with Crippen LogP contribution in [0.3, 0.4) is 0 Å². The summed E-state index contributed by atoms with van der Waals surface area (Å²) in [6, 6.07) is 6.09. The minimum Gasteiger partial charge on any atom is -0.382 e. The Bertz CT molecular complexity index is 1170. The fraction of sp³-hybridized carbons (Fsp3) is 0.360. The van der Waals surface area contributed by atoms with Gasteiger partial charge < -0.3 is 20.5 Å². The summed E-state index contributed by atoms with van der Waals surface area (Å²) in [6.45, 7) is 8.75. The third kappa shape index (κ3) is 3.71. The molecule has 2 aromatic rings. The van der Waals surface area contributed by atoms with Gasteiger partial charge in [0, 0.05) is 17.2 Å². The van der Waals surface area contributed by atoms with Gasteiger partial charge in [0.25, 0.3) is 5.91 Å². The van der Waals surface area contributed by atoms with Crippen LogP contribution in [0, 0.1) is 11.8 Å². The molecule has 4 N–H and O–H groups in total. The second-order valence-corrected chi connectivity index (χ2v) is 8.89. The molecule has 6 heteroatoms. The van der Waals surface area contributed by atoms with Crippen molar-refractivity contribution >= 4 is 5.91 Å². The molecule has 1 aromatic heterocycles. The number of aromatic nitrogens is 2. The Morgan fingerprint density at radius 3 is 2.74 bits per heavy atom. The molecule has 2 aliphatic heterocycles. The number of allylic oxidation sites excluding steroid dienone is 2.